The molecule has 14 heavy (non-hydrogen) atoms. The maximum absolute atomic E-state index is 3.53. The van der Waals surface area contributed by atoms with E-state index in [1.165, 1.54) is 22.8 Å². The van der Waals surface area contributed by atoms with Crippen molar-refractivity contribution in [1.29, 1.82) is 0 Å². The van der Waals surface area contributed by atoms with Crippen LogP contribution in [0.4, 0.5) is 0 Å². The van der Waals surface area contributed by atoms with Crippen molar-refractivity contribution in [1.82, 2.24) is 5.32 Å². The van der Waals surface area contributed by atoms with E-state index in [1.54, 1.807) is 0 Å². The highest BCUT2D eigenvalue weighted by atomic mass is 32.2. The van der Waals surface area contributed by atoms with Crippen molar-refractivity contribution in [3.05, 3.63) is 17.5 Å². The van der Waals surface area contributed by atoms with Gasteiger partial charge in [-0.15, -0.1) is 23.1 Å². The normalized spacial score (nSPS) is 13.0. The molecule has 0 saturated carbocycles. The maximum atomic E-state index is 3.53. The van der Waals surface area contributed by atoms with Crippen LogP contribution >= 0.6 is 23.1 Å². The Labute approximate surface area is 95.3 Å². The summed E-state index contributed by atoms with van der Waals surface area (Å²) < 4.78 is 1.43. The third kappa shape index (κ3) is 4.49. The van der Waals surface area contributed by atoms with Crippen LogP contribution in [0.2, 0.25) is 0 Å². The Morgan fingerprint density at radius 3 is 2.93 bits per heavy atom. The molecule has 0 bridgehead atoms. The first kappa shape index (κ1) is 12.1. The second-order valence-corrected chi connectivity index (χ2v) is 5.55. The molecule has 0 radical (unpaired) electrons. The lowest BCUT2D eigenvalue weighted by Gasteiger charge is -2.15. The lowest BCUT2D eigenvalue weighted by Crippen LogP contribution is -2.30. The minimum Gasteiger partial charge on any atom is -0.313 e. The summed E-state index contributed by atoms with van der Waals surface area (Å²) in [5, 5.41) is 5.67. The largest absolute Gasteiger partial charge is 0.313 e. The zero-order chi connectivity index (χ0) is 10.2. The van der Waals surface area contributed by atoms with E-state index in [4.69, 9.17) is 0 Å². The Kier molecular flexibility index (Phi) is 6.32. The molecule has 0 fully saturated rings. The Morgan fingerprint density at radius 1 is 1.50 bits per heavy atom. The molecular weight excluding hydrogens is 210 g/mol. The minimum atomic E-state index is 0.678. The molecule has 1 N–H and O–H groups in total. The molecule has 0 aliphatic carbocycles. The summed E-state index contributed by atoms with van der Waals surface area (Å²) in [4.78, 5) is 0. The predicted molar refractivity (Wildman–Crippen MR) is 67.4 cm³/mol. The van der Waals surface area contributed by atoms with Crippen LogP contribution in [0.1, 0.15) is 26.7 Å². The average molecular weight is 229 g/mol. The van der Waals surface area contributed by atoms with E-state index in [9.17, 15) is 0 Å². The van der Waals surface area contributed by atoms with Crippen molar-refractivity contribution in [2.45, 2.75) is 36.9 Å². The number of hydrogen-bond acceptors (Lipinski definition) is 3. The van der Waals surface area contributed by atoms with Gasteiger partial charge in [-0.3, -0.25) is 0 Å². The number of hydrogen-bond donors (Lipinski definition) is 1. The summed E-state index contributed by atoms with van der Waals surface area (Å²) in [6, 6.07) is 5.00. The lowest BCUT2D eigenvalue weighted by atomic mass is 10.2. The van der Waals surface area contributed by atoms with Gasteiger partial charge in [-0.1, -0.05) is 26.3 Å². The van der Waals surface area contributed by atoms with Gasteiger partial charge in [0.15, 0.2) is 0 Å². The van der Waals surface area contributed by atoms with Gasteiger partial charge < -0.3 is 5.32 Å². The van der Waals surface area contributed by atoms with E-state index >= 15 is 0 Å². The van der Waals surface area contributed by atoms with Crippen LogP contribution in [0.15, 0.2) is 21.7 Å². The summed E-state index contributed by atoms with van der Waals surface area (Å²) in [6.07, 6.45) is 2.55. The van der Waals surface area contributed by atoms with Crippen LogP contribution in [0.5, 0.6) is 0 Å². The van der Waals surface area contributed by atoms with Gasteiger partial charge in [0.1, 0.15) is 0 Å². The molecule has 0 saturated heterocycles. The number of nitrogens with one attached hydrogen (secondary N) is 1. The van der Waals surface area contributed by atoms with Crippen LogP contribution in [-0.2, 0) is 0 Å². The maximum Gasteiger partial charge on any atom is 0.0599 e. The van der Waals surface area contributed by atoms with E-state index in [2.05, 4.69) is 36.7 Å². The summed E-state index contributed by atoms with van der Waals surface area (Å²) in [5.74, 6) is 1.20. The fourth-order valence-corrected chi connectivity index (χ4v) is 3.33. The molecule has 1 aromatic heterocycles. The van der Waals surface area contributed by atoms with E-state index in [0.29, 0.717) is 6.04 Å². The second-order valence-electron chi connectivity index (χ2n) is 3.29. The van der Waals surface area contributed by atoms with Crippen LogP contribution in [-0.4, -0.2) is 18.3 Å². The topological polar surface area (TPSA) is 12.0 Å². The molecule has 0 aliphatic heterocycles. The van der Waals surface area contributed by atoms with Crippen LogP contribution in [0, 0.1) is 0 Å². The fraction of sp³-hybridized carbons (Fsp3) is 0.636. The summed E-state index contributed by atoms with van der Waals surface area (Å²) in [6.45, 7) is 5.51. The molecular formula is C11H19NS2. The average Bonchev–Trinajstić information content (AvgIpc) is 2.67. The monoisotopic (exact) mass is 229 g/mol. The van der Waals surface area contributed by atoms with E-state index in [0.717, 1.165) is 6.54 Å². The van der Waals surface area contributed by atoms with Gasteiger partial charge in [-0.05, 0) is 24.4 Å². The molecule has 1 aromatic rings. The number of thiophene rings is 1. The minimum absolute atomic E-state index is 0.678. The molecule has 1 unspecified atom stereocenters. The first-order chi connectivity index (χ1) is 6.86. The summed E-state index contributed by atoms with van der Waals surface area (Å²) in [7, 11) is 0. The lowest BCUT2D eigenvalue weighted by molar-refractivity contribution is 0.531. The van der Waals surface area contributed by atoms with Crippen molar-refractivity contribution >= 4 is 23.1 Å². The molecule has 1 nitrogen and oxygen atoms in total. The zero-order valence-electron chi connectivity index (χ0n) is 8.95. The molecule has 1 heterocycles. The molecule has 0 spiro atoms. The third-order valence-electron chi connectivity index (χ3n) is 2.05. The molecule has 0 amide bonds. The number of thioether (sulfide) groups is 1. The highest BCUT2D eigenvalue weighted by molar-refractivity contribution is 8.01. The summed E-state index contributed by atoms with van der Waals surface area (Å²) >= 11 is 3.81. The van der Waals surface area contributed by atoms with Gasteiger partial charge in [0.2, 0.25) is 0 Å². The van der Waals surface area contributed by atoms with E-state index in [-0.39, 0.29) is 0 Å². The first-order valence-electron chi connectivity index (χ1n) is 5.26. The van der Waals surface area contributed by atoms with Crippen LogP contribution in [0.3, 0.4) is 0 Å². The van der Waals surface area contributed by atoms with E-state index in [1.807, 2.05) is 23.1 Å². The van der Waals surface area contributed by atoms with Crippen molar-refractivity contribution < 1.29 is 0 Å². The highest BCUT2D eigenvalue weighted by Crippen LogP contribution is 2.24. The van der Waals surface area contributed by atoms with Gasteiger partial charge in [-0.25, -0.2) is 0 Å². The van der Waals surface area contributed by atoms with Gasteiger partial charge in [0.25, 0.3) is 0 Å². The Morgan fingerprint density at radius 2 is 2.36 bits per heavy atom. The quantitative estimate of drug-likeness (QED) is 0.717. The second kappa shape index (κ2) is 7.32. The van der Waals surface area contributed by atoms with Crippen molar-refractivity contribution in [3.8, 4) is 0 Å². The highest BCUT2D eigenvalue weighted by Gasteiger charge is 2.06. The smallest absolute Gasteiger partial charge is 0.0599 e. The van der Waals surface area contributed by atoms with Crippen LogP contribution in [0.25, 0.3) is 0 Å². The van der Waals surface area contributed by atoms with Gasteiger partial charge in [-0.2, -0.15) is 0 Å². The Balaban J connectivity index is 2.25. The molecule has 1 atom stereocenters. The molecule has 1 rings (SSSR count). The molecule has 0 aliphatic rings. The SMILES string of the molecule is CCCC(CSc1cccs1)NCC. The predicted octanol–water partition coefficient (Wildman–Crippen LogP) is 3.62. The zero-order valence-corrected chi connectivity index (χ0v) is 10.6. The third-order valence-corrected chi connectivity index (χ3v) is 4.35. The molecule has 3 heteroatoms. The van der Waals surface area contributed by atoms with Gasteiger partial charge in [0, 0.05) is 11.8 Å². The van der Waals surface area contributed by atoms with Crippen molar-refractivity contribution in [3.63, 3.8) is 0 Å². The van der Waals surface area contributed by atoms with Crippen molar-refractivity contribution in [2.75, 3.05) is 12.3 Å². The van der Waals surface area contributed by atoms with E-state index < -0.39 is 0 Å². The Hall–Kier alpha value is 0.01000. The number of rotatable bonds is 7. The van der Waals surface area contributed by atoms with Gasteiger partial charge >= 0.3 is 0 Å². The van der Waals surface area contributed by atoms with Crippen molar-refractivity contribution in [2.24, 2.45) is 0 Å². The Bertz CT molecular complexity index is 215. The molecule has 80 valence electrons. The summed E-state index contributed by atoms with van der Waals surface area (Å²) in [5.41, 5.74) is 0. The van der Waals surface area contributed by atoms with Gasteiger partial charge in [0.05, 0.1) is 4.21 Å². The molecule has 0 aromatic carbocycles. The van der Waals surface area contributed by atoms with Crippen LogP contribution < -0.4 is 5.32 Å². The fourth-order valence-electron chi connectivity index (χ4n) is 1.41. The first-order valence-corrected chi connectivity index (χ1v) is 7.13. The standard InChI is InChI=1S/C11H19NS2/c1-3-6-10(12-4-2)9-14-11-7-5-8-13-11/h5,7-8,10,12H,3-4,6,9H2,1-2H3.